The average molecular weight is 355 g/mol. The maximum atomic E-state index is 12.7. The van der Waals surface area contributed by atoms with Crippen molar-refractivity contribution in [3.63, 3.8) is 0 Å². The van der Waals surface area contributed by atoms with Gasteiger partial charge in [-0.05, 0) is 34.1 Å². The molecule has 1 fully saturated rings. The third-order valence-electron chi connectivity index (χ3n) is 3.51. The molecule has 0 bridgehead atoms. The van der Waals surface area contributed by atoms with Crippen molar-refractivity contribution in [2.45, 2.75) is 45.8 Å². The summed E-state index contributed by atoms with van der Waals surface area (Å²) >= 11 is 0. The van der Waals surface area contributed by atoms with E-state index < -0.39 is 17.7 Å². The van der Waals surface area contributed by atoms with Gasteiger partial charge in [0.25, 0.3) is 0 Å². The topological polar surface area (TPSA) is 88.2 Å². The smallest absolute Gasteiger partial charge is 0.409 e. The van der Waals surface area contributed by atoms with Crippen LogP contribution >= 0.6 is 0 Å². The highest BCUT2D eigenvalue weighted by molar-refractivity contribution is 5.86. The second-order valence-corrected chi connectivity index (χ2v) is 6.73. The Morgan fingerprint density at radius 2 is 1.72 bits per heavy atom. The molecule has 0 radical (unpaired) electrons. The first-order valence-corrected chi connectivity index (χ1v) is 8.48. The molecule has 0 aromatic rings. The fourth-order valence-corrected chi connectivity index (χ4v) is 2.38. The Morgan fingerprint density at radius 1 is 1.16 bits per heavy atom. The molecule has 25 heavy (non-hydrogen) atoms. The maximum absolute atomic E-state index is 12.7. The van der Waals surface area contributed by atoms with E-state index in [4.69, 9.17) is 9.47 Å². The first-order chi connectivity index (χ1) is 11.7. The lowest BCUT2D eigenvalue weighted by Gasteiger charge is -2.35. The minimum Gasteiger partial charge on any atom is -0.450 e. The van der Waals surface area contributed by atoms with E-state index >= 15 is 0 Å². The van der Waals surface area contributed by atoms with Crippen molar-refractivity contribution in [1.82, 2.24) is 15.1 Å². The van der Waals surface area contributed by atoms with E-state index in [9.17, 15) is 14.4 Å². The fraction of sp³-hybridized carbons (Fsp3) is 0.706. The molecule has 3 amide bonds. The van der Waals surface area contributed by atoms with E-state index in [0.29, 0.717) is 39.2 Å². The van der Waals surface area contributed by atoms with E-state index in [0.717, 1.165) is 0 Å². The Balaban J connectivity index is 2.60. The van der Waals surface area contributed by atoms with Gasteiger partial charge in [-0.2, -0.15) is 0 Å². The summed E-state index contributed by atoms with van der Waals surface area (Å²) in [6.07, 6.45) is 0.868. The zero-order valence-corrected chi connectivity index (χ0v) is 15.5. The summed E-state index contributed by atoms with van der Waals surface area (Å²) in [5, 5.41) is 2.60. The van der Waals surface area contributed by atoms with E-state index in [1.165, 1.54) is 0 Å². The van der Waals surface area contributed by atoms with Gasteiger partial charge in [0.05, 0.1) is 6.61 Å². The molecule has 1 atom stereocenters. The van der Waals surface area contributed by atoms with Gasteiger partial charge in [-0.15, -0.1) is 6.58 Å². The third-order valence-corrected chi connectivity index (χ3v) is 3.51. The summed E-state index contributed by atoms with van der Waals surface area (Å²) in [5.41, 5.74) is -0.642. The van der Waals surface area contributed by atoms with Crippen LogP contribution in [0.25, 0.3) is 0 Å². The van der Waals surface area contributed by atoms with Gasteiger partial charge in [0.1, 0.15) is 11.6 Å². The van der Waals surface area contributed by atoms with E-state index in [1.54, 1.807) is 43.6 Å². The van der Waals surface area contributed by atoms with Gasteiger partial charge in [0.15, 0.2) is 0 Å². The molecule has 1 aliphatic heterocycles. The van der Waals surface area contributed by atoms with Gasteiger partial charge >= 0.3 is 12.2 Å². The molecule has 1 rings (SSSR count). The van der Waals surface area contributed by atoms with Crippen LogP contribution in [0.4, 0.5) is 9.59 Å². The number of carbonyl (C=O) groups is 3. The summed E-state index contributed by atoms with van der Waals surface area (Å²) in [4.78, 5) is 39.5. The second kappa shape index (κ2) is 9.29. The number of rotatable bonds is 5. The van der Waals surface area contributed by atoms with Gasteiger partial charge in [-0.3, -0.25) is 4.79 Å². The molecule has 0 aliphatic carbocycles. The van der Waals surface area contributed by atoms with Gasteiger partial charge < -0.3 is 24.6 Å². The molecule has 8 heteroatoms. The lowest BCUT2D eigenvalue weighted by Crippen LogP contribution is -2.56. The molecule has 1 aliphatic rings. The predicted molar refractivity (Wildman–Crippen MR) is 93.1 cm³/mol. The molecule has 0 spiro atoms. The molecule has 1 heterocycles. The fourth-order valence-electron chi connectivity index (χ4n) is 2.38. The van der Waals surface area contributed by atoms with Crippen molar-refractivity contribution >= 4 is 18.1 Å². The van der Waals surface area contributed by atoms with E-state index in [1.807, 2.05) is 0 Å². The molecular formula is C17H29N3O5. The minimum absolute atomic E-state index is 0.214. The second-order valence-electron chi connectivity index (χ2n) is 6.73. The van der Waals surface area contributed by atoms with Crippen molar-refractivity contribution in [2.75, 3.05) is 32.8 Å². The molecule has 142 valence electrons. The third kappa shape index (κ3) is 7.03. The van der Waals surface area contributed by atoms with Gasteiger partial charge in [-0.1, -0.05) is 6.08 Å². The van der Waals surface area contributed by atoms with Crippen LogP contribution in [-0.2, 0) is 14.3 Å². The van der Waals surface area contributed by atoms with Crippen LogP contribution in [-0.4, -0.2) is 72.3 Å². The Labute approximate surface area is 149 Å². The molecule has 0 saturated carbocycles. The number of alkyl carbamates (subject to hydrolysis) is 1. The maximum Gasteiger partial charge on any atom is 0.409 e. The van der Waals surface area contributed by atoms with Crippen molar-refractivity contribution < 1.29 is 23.9 Å². The lowest BCUT2D eigenvalue weighted by molar-refractivity contribution is -0.135. The number of hydrogen-bond acceptors (Lipinski definition) is 5. The predicted octanol–water partition coefficient (Wildman–Crippen LogP) is 1.76. The Bertz CT molecular complexity index is 493. The molecule has 1 saturated heterocycles. The van der Waals surface area contributed by atoms with Crippen LogP contribution in [0.2, 0.25) is 0 Å². The normalized spacial score (nSPS) is 16.0. The summed E-state index contributed by atoms with van der Waals surface area (Å²) in [7, 11) is 0. The van der Waals surface area contributed by atoms with Crippen LogP contribution in [0.3, 0.4) is 0 Å². The number of ether oxygens (including phenoxy) is 2. The Morgan fingerprint density at radius 3 is 2.20 bits per heavy atom. The summed E-state index contributed by atoms with van der Waals surface area (Å²) in [6, 6.07) is -0.735. The van der Waals surface area contributed by atoms with Crippen molar-refractivity contribution in [3.05, 3.63) is 12.7 Å². The molecular weight excluding hydrogens is 326 g/mol. The quantitative estimate of drug-likeness (QED) is 0.759. The SMILES string of the molecule is C=CCC(NC(=O)OC(C)(C)C)C(=O)N1CCN(C(=O)OCC)CC1. The number of carbonyl (C=O) groups excluding carboxylic acids is 3. The van der Waals surface area contributed by atoms with Gasteiger partial charge in [0.2, 0.25) is 5.91 Å². The summed E-state index contributed by atoms with van der Waals surface area (Å²) in [6.45, 7) is 12.5. The Hall–Kier alpha value is -2.25. The number of hydrogen-bond donors (Lipinski definition) is 1. The number of piperazine rings is 1. The molecule has 8 nitrogen and oxygen atoms in total. The highest BCUT2D eigenvalue weighted by Gasteiger charge is 2.30. The highest BCUT2D eigenvalue weighted by Crippen LogP contribution is 2.10. The van der Waals surface area contributed by atoms with Crippen LogP contribution in [0.15, 0.2) is 12.7 Å². The molecule has 0 aromatic carbocycles. The van der Waals surface area contributed by atoms with Crippen LogP contribution in [0.1, 0.15) is 34.1 Å². The first-order valence-electron chi connectivity index (χ1n) is 8.48. The summed E-state index contributed by atoms with van der Waals surface area (Å²) < 4.78 is 10.2. The van der Waals surface area contributed by atoms with Crippen molar-refractivity contribution in [1.29, 1.82) is 0 Å². The molecule has 1 unspecified atom stereocenters. The number of nitrogens with zero attached hydrogens (tertiary/aromatic N) is 2. The molecule has 0 aromatic heterocycles. The number of amides is 3. The molecule has 1 N–H and O–H groups in total. The van der Waals surface area contributed by atoms with Gasteiger partial charge in [0, 0.05) is 26.2 Å². The minimum atomic E-state index is -0.735. The zero-order chi connectivity index (χ0) is 19.0. The standard InChI is InChI=1S/C17H29N3O5/c1-6-8-13(18-15(22)25-17(3,4)5)14(21)19-9-11-20(12-10-19)16(23)24-7-2/h6,13H,1,7-12H2,2-5H3,(H,18,22). The monoisotopic (exact) mass is 355 g/mol. The van der Waals surface area contributed by atoms with Crippen molar-refractivity contribution in [2.24, 2.45) is 0 Å². The highest BCUT2D eigenvalue weighted by atomic mass is 16.6. The van der Waals surface area contributed by atoms with Gasteiger partial charge in [-0.25, -0.2) is 9.59 Å². The largest absolute Gasteiger partial charge is 0.450 e. The lowest BCUT2D eigenvalue weighted by atomic mass is 10.1. The Kier molecular flexibility index (Phi) is 7.73. The first kappa shape index (κ1) is 20.8. The van der Waals surface area contributed by atoms with E-state index in [2.05, 4.69) is 11.9 Å². The van der Waals surface area contributed by atoms with Crippen LogP contribution in [0, 0.1) is 0 Å². The summed E-state index contributed by atoms with van der Waals surface area (Å²) in [5.74, 6) is -0.214. The van der Waals surface area contributed by atoms with E-state index in [-0.39, 0.29) is 12.0 Å². The average Bonchev–Trinajstić information content (AvgIpc) is 2.52. The van der Waals surface area contributed by atoms with Crippen LogP contribution in [0.5, 0.6) is 0 Å². The van der Waals surface area contributed by atoms with Crippen molar-refractivity contribution in [3.8, 4) is 0 Å². The van der Waals surface area contributed by atoms with Crippen LogP contribution < -0.4 is 5.32 Å². The zero-order valence-electron chi connectivity index (χ0n) is 15.5. The number of nitrogens with one attached hydrogen (secondary N) is 1.